The summed E-state index contributed by atoms with van der Waals surface area (Å²) in [6.45, 7) is 9.98. The predicted molar refractivity (Wildman–Crippen MR) is 63.6 cm³/mol. The lowest BCUT2D eigenvalue weighted by atomic mass is 9.65. The van der Waals surface area contributed by atoms with E-state index in [2.05, 4.69) is 45.9 Å². The Morgan fingerprint density at radius 3 is 2.80 bits per heavy atom. The molecular weight excluding hydrogens is 184 g/mol. The maximum absolute atomic E-state index is 5.97. The number of hydrogen-bond acceptors (Lipinski definition) is 1. The second-order valence-electron chi connectivity index (χ2n) is 5.14. The first-order valence-corrected chi connectivity index (χ1v) is 6.08. The Kier molecular flexibility index (Phi) is 3.01. The van der Waals surface area contributed by atoms with Crippen molar-refractivity contribution in [1.82, 2.24) is 0 Å². The zero-order valence-corrected chi connectivity index (χ0v) is 10.2. The molecule has 0 saturated carbocycles. The van der Waals surface area contributed by atoms with Crippen LogP contribution in [0.3, 0.4) is 0 Å². The van der Waals surface area contributed by atoms with Crippen LogP contribution in [0.5, 0.6) is 0 Å². The van der Waals surface area contributed by atoms with E-state index in [9.17, 15) is 0 Å². The smallest absolute Gasteiger partial charge is 0.0823 e. The molecule has 1 nitrogen and oxygen atoms in total. The van der Waals surface area contributed by atoms with Crippen molar-refractivity contribution in [3.8, 4) is 0 Å². The molecule has 2 aliphatic rings. The third kappa shape index (κ3) is 1.78. The molecule has 0 radical (unpaired) electrons. The van der Waals surface area contributed by atoms with Crippen LogP contribution >= 0.6 is 0 Å². The second-order valence-corrected chi connectivity index (χ2v) is 5.14. The highest BCUT2D eigenvalue weighted by Crippen LogP contribution is 2.44. The van der Waals surface area contributed by atoms with Gasteiger partial charge in [0.05, 0.1) is 12.7 Å². The maximum atomic E-state index is 5.97. The SMILES string of the molecule is C/C=C/[C@H]1OC[C@@H]2[C@H](C)[C@H]1C(C)=C[C@H]2C. The monoisotopic (exact) mass is 206 g/mol. The van der Waals surface area contributed by atoms with Gasteiger partial charge >= 0.3 is 0 Å². The summed E-state index contributed by atoms with van der Waals surface area (Å²) in [5, 5.41) is 0. The maximum Gasteiger partial charge on any atom is 0.0823 e. The molecule has 1 saturated heterocycles. The van der Waals surface area contributed by atoms with Crippen molar-refractivity contribution >= 4 is 0 Å². The molecule has 0 aromatic rings. The second kappa shape index (κ2) is 4.13. The van der Waals surface area contributed by atoms with E-state index >= 15 is 0 Å². The van der Waals surface area contributed by atoms with Crippen molar-refractivity contribution in [3.63, 3.8) is 0 Å². The average molecular weight is 206 g/mol. The van der Waals surface area contributed by atoms with E-state index in [4.69, 9.17) is 4.74 Å². The van der Waals surface area contributed by atoms with Crippen LogP contribution < -0.4 is 0 Å². The van der Waals surface area contributed by atoms with Gasteiger partial charge in [-0.15, -0.1) is 0 Å². The lowest BCUT2D eigenvalue weighted by Gasteiger charge is -2.46. The largest absolute Gasteiger partial charge is 0.373 e. The van der Waals surface area contributed by atoms with Crippen LogP contribution in [0.2, 0.25) is 0 Å². The molecule has 0 spiro atoms. The number of allylic oxidation sites excluding steroid dienone is 2. The molecule has 0 aromatic heterocycles. The van der Waals surface area contributed by atoms with E-state index in [0.717, 1.165) is 18.4 Å². The number of ether oxygens (including phenoxy) is 1. The first-order chi connectivity index (χ1) is 7.15. The normalized spacial score (nSPS) is 45.6. The van der Waals surface area contributed by atoms with E-state index in [1.54, 1.807) is 0 Å². The summed E-state index contributed by atoms with van der Waals surface area (Å²) in [4.78, 5) is 0. The van der Waals surface area contributed by atoms with Crippen LogP contribution in [0.1, 0.15) is 27.7 Å². The van der Waals surface area contributed by atoms with Gasteiger partial charge < -0.3 is 4.74 Å². The molecule has 1 aliphatic heterocycles. The standard InChI is InChI=1S/C14H22O/c1-5-6-13-14-10(3)7-9(2)12(8-15-13)11(14)4/h5-7,9,11-14H,8H2,1-4H3/b6-5+/t9-,11+,12+,13-,14-/m1/s1. The Labute approximate surface area is 93.2 Å². The highest BCUT2D eigenvalue weighted by Gasteiger charge is 2.42. The zero-order valence-electron chi connectivity index (χ0n) is 10.2. The minimum atomic E-state index is 0.310. The van der Waals surface area contributed by atoms with Gasteiger partial charge in [0.1, 0.15) is 0 Å². The van der Waals surface area contributed by atoms with Crippen LogP contribution in [-0.2, 0) is 4.74 Å². The molecule has 0 N–H and O–H groups in total. The first kappa shape index (κ1) is 10.9. The Balaban J connectivity index is 2.29. The third-order valence-corrected chi connectivity index (χ3v) is 4.19. The molecule has 5 atom stereocenters. The van der Waals surface area contributed by atoms with Crippen molar-refractivity contribution in [2.75, 3.05) is 6.61 Å². The van der Waals surface area contributed by atoms with Gasteiger partial charge in [-0.2, -0.15) is 0 Å². The highest BCUT2D eigenvalue weighted by molar-refractivity contribution is 5.19. The van der Waals surface area contributed by atoms with Gasteiger partial charge in [-0.1, -0.05) is 37.6 Å². The molecule has 84 valence electrons. The summed E-state index contributed by atoms with van der Waals surface area (Å²) in [6, 6.07) is 0. The number of rotatable bonds is 1. The van der Waals surface area contributed by atoms with Gasteiger partial charge in [-0.3, -0.25) is 0 Å². The summed E-state index contributed by atoms with van der Waals surface area (Å²) < 4.78 is 5.97. The van der Waals surface area contributed by atoms with E-state index in [1.807, 2.05) is 0 Å². The Bertz CT molecular complexity index is 290. The van der Waals surface area contributed by atoms with Gasteiger partial charge in [0.25, 0.3) is 0 Å². The summed E-state index contributed by atoms with van der Waals surface area (Å²) in [6.07, 6.45) is 7.09. The van der Waals surface area contributed by atoms with E-state index in [1.165, 1.54) is 5.57 Å². The summed E-state index contributed by atoms with van der Waals surface area (Å²) in [7, 11) is 0. The Morgan fingerprint density at radius 1 is 1.40 bits per heavy atom. The lowest BCUT2D eigenvalue weighted by Crippen LogP contribution is -2.45. The fourth-order valence-corrected chi connectivity index (χ4v) is 3.36. The third-order valence-electron chi connectivity index (χ3n) is 4.19. The molecule has 2 bridgehead atoms. The highest BCUT2D eigenvalue weighted by atomic mass is 16.5. The molecule has 0 unspecified atom stereocenters. The Morgan fingerprint density at radius 2 is 2.13 bits per heavy atom. The van der Waals surface area contributed by atoms with Gasteiger partial charge in [-0.05, 0) is 31.6 Å². The molecule has 2 rings (SSSR count). The summed E-state index contributed by atoms with van der Waals surface area (Å²) >= 11 is 0. The zero-order chi connectivity index (χ0) is 11.0. The number of fused-ring (bicyclic) bond motifs is 2. The van der Waals surface area contributed by atoms with Gasteiger partial charge in [0.15, 0.2) is 0 Å². The summed E-state index contributed by atoms with van der Waals surface area (Å²) in [5.74, 6) is 2.78. The van der Waals surface area contributed by atoms with Crippen LogP contribution in [0.4, 0.5) is 0 Å². The van der Waals surface area contributed by atoms with Crippen molar-refractivity contribution in [3.05, 3.63) is 23.8 Å². The quantitative estimate of drug-likeness (QED) is 0.597. The number of hydrogen-bond donors (Lipinski definition) is 0. The van der Waals surface area contributed by atoms with Crippen molar-refractivity contribution in [2.45, 2.75) is 33.8 Å². The van der Waals surface area contributed by atoms with Gasteiger partial charge in [-0.25, -0.2) is 0 Å². The molecule has 15 heavy (non-hydrogen) atoms. The van der Waals surface area contributed by atoms with Crippen LogP contribution in [-0.4, -0.2) is 12.7 Å². The van der Waals surface area contributed by atoms with E-state index in [0.29, 0.717) is 17.9 Å². The van der Waals surface area contributed by atoms with Crippen molar-refractivity contribution in [2.24, 2.45) is 23.7 Å². The van der Waals surface area contributed by atoms with E-state index < -0.39 is 0 Å². The fourth-order valence-electron chi connectivity index (χ4n) is 3.36. The lowest BCUT2D eigenvalue weighted by molar-refractivity contribution is -0.0687. The minimum absolute atomic E-state index is 0.310. The molecule has 1 heterocycles. The van der Waals surface area contributed by atoms with Crippen molar-refractivity contribution in [1.29, 1.82) is 0 Å². The molecule has 0 amide bonds. The predicted octanol–water partition coefficient (Wildman–Crippen LogP) is 3.43. The first-order valence-electron chi connectivity index (χ1n) is 6.08. The van der Waals surface area contributed by atoms with Gasteiger partial charge in [0.2, 0.25) is 0 Å². The van der Waals surface area contributed by atoms with E-state index in [-0.39, 0.29) is 0 Å². The molecule has 1 heteroatoms. The Hall–Kier alpha value is -0.560. The van der Waals surface area contributed by atoms with Crippen LogP contribution in [0.25, 0.3) is 0 Å². The minimum Gasteiger partial charge on any atom is -0.373 e. The molecule has 0 aromatic carbocycles. The van der Waals surface area contributed by atoms with Crippen LogP contribution in [0, 0.1) is 23.7 Å². The molecule has 1 aliphatic carbocycles. The molecule has 1 fully saturated rings. The molecular formula is C14H22O. The average Bonchev–Trinajstić information content (AvgIpc) is 2.15. The van der Waals surface area contributed by atoms with Gasteiger partial charge in [0, 0.05) is 5.92 Å². The van der Waals surface area contributed by atoms with Crippen LogP contribution in [0.15, 0.2) is 23.8 Å². The topological polar surface area (TPSA) is 9.23 Å². The summed E-state index contributed by atoms with van der Waals surface area (Å²) in [5.41, 5.74) is 1.52. The van der Waals surface area contributed by atoms with Crippen molar-refractivity contribution < 1.29 is 4.74 Å². The fraction of sp³-hybridized carbons (Fsp3) is 0.714.